The molecule has 0 aromatic heterocycles. The van der Waals surface area contributed by atoms with Gasteiger partial charge in [-0.1, -0.05) is 6.42 Å². The molecule has 0 saturated carbocycles. The summed E-state index contributed by atoms with van der Waals surface area (Å²) in [4.78, 5) is 13.5. The fourth-order valence-corrected chi connectivity index (χ4v) is 2.42. The lowest BCUT2D eigenvalue weighted by molar-refractivity contribution is -0.163. The largest absolute Gasteiger partial charge is 0.467 e. The Balaban J connectivity index is 2.60. The summed E-state index contributed by atoms with van der Waals surface area (Å²) >= 11 is 0. The van der Waals surface area contributed by atoms with Gasteiger partial charge in [-0.15, -0.1) is 0 Å². The number of β-amino-alcohol motifs (C(OH)–C–C–N with tert-alkyl or cyclic N) is 1. The second-order valence-corrected chi connectivity index (χ2v) is 4.90. The first kappa shape index (κ1) is 14.4. The van der Waals surface area contributed by atoms with Crippen molar-refractivity contribution in [1.82, 2.24) is 4.90 Å². The van der Waals surface area contributed by atoms with E-state index in [4.69, 9.17) is 5.11 Å². The number of aliphatic hydroxyl groups is 2. The van der Waals surface area contributed by atoms with Crippen LogP contribution in [0.25, 0.3) is 0 Å². The molecule has 1 saturated heterocycles. The van der Waals surface area contributed by atoms with Gasteiger partial charge in [-0.05, 0) is 32.7 Å². The van der Waals surface area contributed by atoms with Gasteiger partial charge >= 0.3 is 5.97 Å². The summed E-state index contributed by atoms with van der Waals surface area (Å²) in [5.41, 5.74) is -1.47. The number of methoxy groups -OCH3 is 1. The molecule has 0 aromatic rings. The van der Waals surface area contributed by atoms with Gasteiger partial charge in [0, 0.05) is 19.2 Å². The molecule has 1 rings (SSSR count). The topological polar surface area (TPSA) is 70.0 Å². The molecule has 0 spiro atoms. The van der Waals surface area contributed by atoms with Crippen molar-refractivity contribution in [3.63, 3.8) is 0 Å². The van der Waals surface area contributed by atoms with Crippen LogP contribution in [0.3, 0.4) is 0 Å². The van der Waals surface area contributed by atoms with E-state index in [9.17, 15) is 9.90 Å². The van der Waals surface area contributed by atoms with Crippen molar-refractivity contribution in [2.45, 2.75) is 44.2 Å². The highest BCUT2D eigenvalue weighted by Gasteiger charge is 2.36. The van der Waals surface area contributed by atoms with Gasteiger partial charge < -0.3 is 14.9 Å². The van der Waals surface area contributed by atoms with Crippen molar-refractivity contribution in [2.75, 3.05) is 26.8 Å². The number of hydrogen-bond acceptors (Lipinski definition) is 5. The number of likely N-dealkylation sites (tertiary alicyclic amines) is 1. The Labute approximate surface area is 102 Å². The highest BCUT2D eigenvalue weighted by atomic mass is 16.5. The van der Waals surface area contributed by atoms with Gasteiger partial charge in [-0.3, -0.25) is 4.90 Å². The summed E-state index contributed by atoms with van der Waals surface area (Å²) in [6, 6.07) is 0.255. The van der Waals surface area contributed by atoms with Crippen LogP contribution in [0, 0.1) is 0 Å². The fourth-order valence-electron chi connectivity index (χ4n) is 2.42. The summed E-state index contributed by atoms with van der Waals surface area (Å²) < 4.78 is 4.59. The van der Waals surface area contributed by atoms with E-state index in [0.29, 0.717) is 6.42 Å². The summed E-state index contributed by atoms with van der Waals surface area (Å²) in [5.74, 6) is -0.606. The Morgan fingerprint density at radius 2 is 2.24 bits per heavy atom. The first-order valence-electron chi connectivity index (χ1n) is 6.17. The van der Waals surface area contributed by atoms with Crippen LogP contribution in [0.15, 0.2) is 0 Å². The predicted molar refractivity (Wildman–Crippen MR) is 63.6 cm³/mol. The number of carbonyl (C=O) groups is 1. The van der Waals surface area contributed by atoms with E-state index in [1.54, 1.807) is 0 Å². The molecule has 0 aliphatic carbocycles. The van der Waals surface area contributed by atoms with Gasteiger partial charge in [0.15, 0.2) is 5.60 Å². The first-order valence-corrected chi connectivity index (χ1v) is 6.17. The molecule has 5 heteroatoms. The third-order valence-electron chi connectivity index (χ3n) is 3.35. The normalized spacial score (nSPS) is 25.3. The van der Waals surface area contributed by atoms with Crippen molar-refractivity contribution in [2.24, 2.45) is 0 Å². The van der Waals surface area contributed by atoms with Crippen LogP contribution in [0.5, 0.6) is 0 Å². The number of esters is 1. The zero-order valence-electron chi connectivity index (χ0n) is 10.7. The lowest BCUT2D eigenvalue weighted by Crippen LogP contribution is -2.52. The van der Waals surface area contributed by atoms with E-state index in [1.807, 2.05) is 0 Å². The highest BCUT2D eigenvalue weighted by molar-refractivity contribution is 5.78. The maximum absolute atomic E-state index is 11.4. The fraction of sp³-hybridized carbons (Fsp3) is 0.917. The number of rotatable bonds is 5. The smallest absolute Gasteiger partial charge is 0.338 e. The molecule has 2 atom stereocenters. The van der Waals surface area contributed by atoms with E-state index in [1.165, 1.54) is 14.0 Å². The Morgan fingerprint density at radius 1 is 1.53 bits per heavy atom. The van der Waals surface area contributed by atoms with Gasteiger partial charge in [0.25, 0.3) is 0 Å². The molecular formula is C12H23NO4. The molecule has 0 amide bonds. The van der Waals surface area contributed by atoms with Gasteiger partial charge in [-0.25, -0.2) is 4.79 Å². The number of carbonyl (C=O) groups excluding carboxylic acids is 1. The lowest BCUT2D eigenvalue weighted by atomic mass is 9.96. The van der Waals surface area contributed by atoms with Crippen molar-refractivity contribution in [3.8, 4) is 0 Å². The van der Waals surface area contributed by atoms with Crippen molar-refractivity contribution >= 4 is 5.97 Å². The highest BCUT2D eigenvalue weighted by Crippen LogP contribution is 2.22. The number of aliphatic hydroxyl groups excluding tert-OH is 1. The van der Waals surface area contributed by atoms with E-state index < -0.39 is 11.6 Å². The summed E-state index contributed by atoms with van der Waals surface area (Å²) in [5, 5.41) is 19.1. The predicted octanol–water partition coefficient (Wildman–Crippen LogP) is 0.147. The van der Waals surface area contributed by atoms with E-state index in [-0.39, 0.29) is 19.2 Å². The summed E-state index contributed by atoms with van der Waals surface area (Å²) in [6.45, 7) is 2.74. The first-order chi connectivity index (χ1) is 8.01. The van der Waals surface area contributed by atoms with Crippen molar-refractivity contribution in [3.05, 3.63) is 0 Å². The van der Waals surface area contributed by atoms with E-state index >= 15 is 0 Å². The standard InChI is InChI=1S/C12H23NO4/c1-12(16,11(15)17-2)9-13-7-4-3-5-10(13)6-8-14/h10,14,16H,3-9H2,1-2H3. The molecule has 0 aromatic carbocycles. The van der Waals surface area contributed by atoms with Crippen LogP contribution >= 0.6 is 0 Å². The van der Waals surface area contributed by atoms with Gasteiger partial charge in [-0.2, -0.15) is 0 Å². The van der Waals surface area contributed by atoms with Crippen LogP contribution in [0.4, 0.5) is 0 Å². The molecule has 2 N–H and O–H groups in total. The van der Waals surface area contributed by atoms with Crippen LogP contribution in [0.1, 0.15) is 32.6 Å². The second kappa shape index (κ2) is 6.33. The molecule has 1 aliphatic heterocycles. The molecule has 1 heterocycles. The summed E-state index contributed by atoms with van der Waals surface area (Å²) in [6.07, 6.45) is 3.91. The molecule has 2 unspecified atom stereocenters. The summed E-state index contributed by atoms with van der Waals surface area (Å²) in [7, 11) is 1.28. The van der Waals surface area contributed by atoms with E-state index in [0.717, 1.165) is 25.8 Å². The Hall–Kier alpha value is -0.650. The average Bonchev–Trinajstić information content (AvgIpc) is 2.30. The number of piperidine rings is 1. The molecular weight excluding hydrogens is 222 g/mol. The zero-order valence-corrected chi connectivity index (χ0v) is 10.7. The molecule has 1 aliphatic rings. The molecule has 0 bridgehead atoms. The lowest BCUT2D eigenvalue weighted by Gasteiger charge is -2.38. The van der Waals surface area contributed by atoms with Crippen molar-refractivity contribution in [1.29, 1.82) is 0 Å². The number of hydrogen-bond donors (Lipinski definition) is 2. The molecule has 100 valence electrons. The Bertz CT molecular complexity index is 253. The van der Waals surface area contributed by atoms with Crippen LogP contribution in [-0.4, -0.2) is 59.5 Å². The molecule has 17 heavy (non-hydrogen) atoms. The second-order valence-electron chi connectivity index (χ2n) is 4.90. The minimum atomic E-state index is -1.47. The van der Waals surface area contributed by atoms with Gasteiger partial charge in [0.2, 0.25) is 0 Å². The maximum Gasteiger partial charge on any atom is 0.338 e. The number of ether oxygens (including phenoxy) is 1. The molecule has 5 nitrogen and oxygen atoms in total. The average molecular weight is 245 g/mol. The van der Waals surface area contributed by atoms with Gasteiger partial charge in [0.05, 0.1) is 7.11 Å². The number of nitrogens with zero attached hydrogens (tertiary/aromatic N) is 1. The molecule has 0 radical (unpaired) electrons. The van der Waals surface area contributed by atoms with Crippen LogP contribution in [-0.2, 0) is 9.53 Å². The Morgan fingerprint density at radius 3 is 2.82 bits per heavy atom. The molecule has 1 fully saturated rings. The monoisotopic (exact) mass is 245 g/mol. The quantitative estimate of drug-likeness (QED) is 0.675. The van der Waals surface area contributed by atoms with Crippen LogP contribution in [0.2, 0.25) is 0 Å². The maximum atomic E-state index is 11.4. The SMILES string of the molecule is COC(=O)C(C)(O)CN1CCCCC1CCO. The van der Waals surface area contributed by atoms with E-state index in [2.05, 4.69) is 9.64 Å². The minimum Gasteiger partial charge on any atom is -0.467 e. The zero-order chi connectivity index (χ0) is 12.9. The van der Waals surface area contributed by atoms with Crippen LogP contribution < -0.4 is 0 Å². The van der Waals surface area contributed by atoms with Crippen molar-refractivity contribution < 1.29 is 19.7 Å². The van der Waals surface area contributed by atoms with Gasteiger partial charge in [0.1, 0.15) is 0 Å². The third kappa shape index (κ3) is 3.94. The minimum absolute atomic E-state index is 0.140. The Kier molecular flexibility index (Phi) is 5.36. The third-order valence-corrected chi connectivity index (χ3v) is 3.35.